The smallest absolute Gasteiger partial charge is 0.224 e. The summed E-state index contributed by atoms with van der Waals surface area (Å²) in [6, 6.07) is 15.3. The van der Waals surface area contributed by atoms with E-state index in [1.165, 1.54) is 5.56 Å². The first kappa shape index (κ1) is 21.0. The van der Waals surface area contributed by atoms with Crippen LogP contribution < -0.4 is 15.8 Å². The first-order valence-corrected chi connectivity index (χ1v) is 8.52. The monoisotopic (exact) mass is 362 g/mol. The Morgan fingerprint density at radius 1 is 1.00 bits per heavy atom. The van der Waals surface area contributed by atoms with E-state index in [2.05, 4.69) is 5.32 Å². The van der Waals surface area contributed by atoms with Crippen LogP contribution in [0.5, 0.6) is 11.5 Å². The van der Waals surface area contributed by atoms with Crippen LogP contribution in [0.4, 0.5) is 5.69 Å². The maximum absolute atomic E-state index is 12.1. The Kier molecular flexibility index (Phi) is 9.66. The van der Waals surface area contributed by atoms with Gasteiger partial charge in [-0.05, 0) is 50.6 Å². The molecule has 0 aromatic heterocycles. The predicted octanol–water partition coefficient (Wildman–Crippen LogP) is 5.06. The quantitative estimate of drug-likeness (QED) is 0.613. The van der Waals surface area contributed by atoms with Crippen LogP contribution in [0.3, 0.4) is 0 Å². The number of para-hydroxylation sites is 2. The molecule has 1 amide bonds. The molecule has 0 radical (unpaired) electrons. The highest BCUT2D eigenvalue weighted by Gasteiger charge is 2.08. The number of hydrogen-bond donors (Lipinski definition) is 2. The predicted molar refractivity (Wildman–Crippen MR) is 106 cm³/mol. The zero-order valence-corrected chi connectivity index (χ0v) is 15.5. The molecule has 2 aromatic carbocycles. The number of nitrogens with two attached hydrogens (primary N) is 1. The second-order valence-electron chi connectivity index (χ2n) is 5.91. The number of ether oxygens (including phenoxy) is 1. The summed E-state index contributed by atoms with van der Waals surface area (Å²) in [4.78, 5) is 12.1. The van der Waals surface area contributed by atoms with Crippen LogP contribution in [0.2, 0.25) is 0 Å². The van der Waals surface area contributed by atoms with Gasteiger partial charge < -0.3 is 15.8 Å². The van der Waals surface area contributed by atoms with Gasteiger partial charge in [-0.3, -0.25) is 4.79 Å². The lowest BCUT2D eigenvalue weighted by atomic mass is 10.1. The number of unbranched alkanes of at least 4 members (excludes halogenated alkanes) is 3. The van der Waals surface area contributed by atoms with E-state index in [1.54, 1.807) is 0 Å². The molecular weight excluding hydrogens is 336 g/mol. The van der Waals surface area contributed by atoms with Gasteiger partial charge in [0.2, 0.25) is 5.91 Å². The molecule has 0 bridgehead atoms. The number of hydrogen-bond acceptors (Lipinski definition) is 3. The maximum atomic E-state index is 12.1. The van der Waals surface area contributed by atoms with Crippen LogP contribution in [-0.4, -0.2) is 12.5 Å². The largest absolute Gasteiger partial charge is 0.455 e. The van der Waals surface area contributed by atoms with Crippen LogP contribution in [0, 0.1) is 6.92 Å². The third-order valence-electron chi connectivity index (χ3n) is 3.77. The molecule has 0 aliphatic heterocycles. The summed E-state index contributed by atoms with van der Waals surface area (Å²) >= 11 is 0. The number of rotatable bonds is 9. The lowest BCUT2D eigenvalue weighted by Crippen LogP contribution is -2.11. The molecule has 0 spiro atoms. The van der Waals surface area contributed by atoms with Gasteiger partial charge >= 0.3 is 0 Å². The number of halogens is 1. The summed E-state index contributed by atoms with van der Waals surface area (Å²) in [5, 5.41) is 2.94. The Balaban J connectivity index is 0.00000312. The van der Waals surface area contributed by atoms with Gasteiger partial charge in [0, 0.05) is 6.42 Å². The molecule has 0 unspecified atom stereocenters. The molecule has 4 nitrogen and oxygen atoms in total. The molecule has 0 saturated carbocycles. The average molecular weight is 363 g/mol. The fourth-order valence-electron chi connectivity index (χ4n) is 2.39. The third-order valence-corrected chi connectivity index (χ3v) is 3.77. The highest BCUT2D eigenvalue weighted by atomic mass is 35.5. The summed E-state index contributed by atoms with van der Waals surface area (Å²) in [5.74, 6) is 1.42. The summed E-state index contributed by atoms with van der Waals surface area (Å²) in [7, 11) is 0. The number of anilines is 1. The second-order valence-corrected chi connectivity index (χ2v) is 5.91. The van der Waals surface area contributed by atoms with Crippen molar-refractivity contribution in [2.24, 2.45) is 5.73 Å². The van der Waals surface area contributed by atoms with E-state index < -0.39 is 0 Å². The van der Waals surface area contributed by atoms with Crippen molar-refractivity contribution in [3.63, 3.8) is 0 Å². The van der Waals surface area contributed by atoms with Crippen molar-refractivity contribution in [2.45, 2.75) is 39.0 Å². The number of benzene rings is 2. The number of carbonyl (C=O) groups excluding carboxylic acids is 1. The molecule has 0 saturated heterocycles. The molecule has 0 fully saturated rings. The SMILES string of the molecule is Cc1ccc(Oc2ccccc2NC(=O)CCCCCCN)cc1.Cl. The fourth-order valence-corrected chi connectivity index (χ4v) is 2.39. The minimum atomic E-state index is 0. The summed E-state index contributed by atoms with van der Waals surface area (Å²) < 4.78 is 5.89. The van der Waals surface area contributed by atoms with Gasteiger partial charge in [-0.25, -0.2) is 0 Å². The van der Waals surface area contributed by atoms with E-state index in [-0.39, 0.29) is 18.3 Å². The maximum Gasteiger partial charge on any atom is 0.224 e. The fraction of sp³-hybridized carbons (Fsp3) is 0.350. The van der Waals surface area contributed by atoms with Crippen molar-refractivity contribution >= 4 is 24.0 Å². The van der Waals surface area contributed by atoms with Crippen LogP contribution in [0.15, 0.2) is 48.5 Å². The topological polar surface area (TPSA) is 64.3 Å². The highest BCUT2D eigenvalue weighted by molar-refractivity contribution is 5.92. The Hall–Kier alpha value is -2.04. The van der Waals surface area contributed by atoms with E-state index in [1.807, 2.05) is 55.5 Å². The van der Waals surface area contributed by atoms with Crippen LogP contribution in [0.1, 0.15) is 37.7 Å². The van der Waals surface area contributed by atoms with Gasteiger partial charge in [-0.2, -0.15) is 0 Å². The molecule has 5 heteroatoms. The van der Waals surface area contributed by atoms with Crippen molar-refractivity contribution in [2.75, 3.05) is 11.9 Å². The normalized spacial score (nSPS) is 10.0. The minimum Gasteiger partial charge on any atom is -0.455 e. The van der Waals surface area contributed by atoms with Gasteiger partial charge in [0.05, 0.1) is 5.69 Å². The van der Waals surface area contributed by atoms with Crippen LogP contribution in [0.25, 0.3) is 0 Å². The first-order chi connectivity index (χ1) is 11.7. The summed E-state index contributed by atoms with van der Waals surface area (Å²) in [5.41, 5.74) is 7.35. The average Bonchev–Trinajstić information content (AvgIpc) is 2.58. The Morgan fingerprint density at radius 2 is 1.68 bits per heavy atom. The van der Waals surface area contributed by atoms with Gasteiger partial charge in [0.25, 0.3) is 0 Å². The molecule has 3 N–H and O–H groups in total. The minimum absolute atomic E-state index is 0. The van der Waals surface area contributed by atoms with Crippen molar-refractivity contribution < 1.29 is 9.53 Å². The van der Waals surface area contributed by atoms with Crippen molar-refractivity contribution in [1.82, 2.24) is 0 Å². The molecule has 2 aromatic rings. The van der Waals surface area contributed by atoms with Crippen molar-refractivity contribution in [3.05, 3.63) is 54.1 Å². The van der Waals surface area contributed by atoms with Gasteiger partial charge in [0.1, 0.15) is 5.75 Å². The second kappa shape index (κ2) is 11.5. The van der Waals surface area contributed by atoms with E-state index in [0.717, 1.165) is 38.0 Å². The zero-order chi connectivity index (χ0) is 17.2. The van der Waals surface area contributed by atoms with E-state index in [0.29, 0.717) is 17.9 Å². The van der Waals surface area contributed by atoms with Crippen molar-refractivity contribution in [3.8, 4) is 11.5 Å². The molecule has 136 valence electrons. The Labute approximate surface area is 156 Å². The molecule has 0 atom stereocenters. The van der Waals surface area contributed by atoms with Crippen LogP contribution in [-0.2, 0) is 4.79 Å². The molecule has 0 aliphatic carbocycles. The lowest BCUT2D eigenvalue weighted by Gasteiger charge is -2.12. The first-order valence-electron chi connectivity index (χ1n) is 8.52. The molecule has 2 rings (SSSR count). The number of amides is 1. The Morgan fingerprint density at radius 3 is 2.40 bits per heavy atom. The molecule has 25 heavy (non-hydrogen) atoms. The summed E-state index contributed by atoms with van der Waals surface area (Å²) in [6.07, 6.45) is 4.54. The molecule has 0 heterocycles. The summed E-state index contributed by atoms with van der Waals surface area (Å²) in [6.45, 7) is 2.75. The van der Waals surface area contributed by atoms with Gasteiger partial charge in [-0.1, -0.05) is 42.7 Å². The molecule has 0 aliphatic rings. The third kappa shape index (κ3) is 7.59. The molecular formula is C20H27ClN2O2. The van der Waals surface area contributed by atoms with E-state index in [4.69, 9.17) is 10.5 Å². The zero-order valence-electron chi connectivity index (χ0n) is 14.7. The number of nitrogens with one attached hydrogen (secondary N) is 1. The van der Waals surface area contributed by atoms with E-state index in [9.17, 15) is 4.79 Å². The van der Waals surface area contributed by atoms with Crippen molar-refractivity contribution in [1.29, 1.82) is 0 Å². The van der Waals surface area contributed by atoms with Gasteiger partial charge in [0.15, 0.2) is 5.75 Å². The van der Waals surface area contributed by atoms with Gasteiger partial charge in [-0.15, -0.1) is 12.4 Å². The van der Waals surface area contributed by atoms with E-state index >= 15 is 0 Å². The number of aryl methyl sites for hydroxylation is 1. The Bertz CT molecular complexity index is 644. The lowest BCUT2D eigenvalue weighted by molar-refractivity contribution is -0.116. The van der Waals surface area contributed by atoms with Crippen LogP contribution >= 0.6 is 12.4 Å². The standard InChI is InChI=1S/C20H26N2O2.ClH/c1-16-11-13-17(14-12-16)24-19-9-6-5-8-18(19)22-20(23)10-4-2-3-7-15-21;/h5-6,8-9,11-14H,2-4,7,10,15,21H2,1H3,(H,22,23);1H. The number of carbonyl (C=O) groups is 1. The highest BCUT2D eigenvalue weighted by Crippen LogP contribution is 2.29.